The first kappa shape index (κ1) is 20.9. The Morgan fingerprint density at radius 1 is 1.07 bits per heavy atom. The van der Waals surface area contributed by atoms with Gasteiger partial charge in [-0.1, -0.05) is 6.42 Å². The Morgan fingerprint density at radius 3 is 2.50 bits per heavy atom. The molecule has 4 rings (SSSR count). The number of aromatic nitrogens is 4. The topological polar surface area (TPSA) is 101 Å². The fraction of sp³-hybridized carbons (Fsp3) is 0.600. The lowest BCUT2D eigenvalue weighted by atomic mass is 9.97. The van der Waals surface area contributed by atoms with Crippen LogP contribution in [0.4, 0.5) is 0 Å². The molecule has 10 heteroatoms. The molecule has 2 fully saturated rings. The van der Waals surface area contributed by atoms with Crippen molar-refractivity contribution in [1.82, 2.24) is 28.7 Å². The summed E-state index contributed by atoms with van der Waals surface area (Å²) in [4.78, 5) is 28.0. The van der Waals surface area contributed by atoms with Gasteiger partial charge in [-0.05, 0) is 39.0 Å². The fourth-order valence-electron chi connectivity index (χ4n) is 4.28. The minimum Gasteiger partial charge on any atom is -0.339 e. The third kappa shape index (κ3) is 3.98. The van der Waals surface area contributed by atoms with Crippen LogP contribution < -0.4 is 0 Å². The lowest BCUT2D eigenvalue weighted by Crippen LogP contribution is -2.41. The normalized spacial score (nSPS) is 21.0. The Morgan fingerprint density at radius 2 is 1.80 bits per heavy atom. The average Bonchev–Trinajstić information content (AvgIpc) is 3.21. The number of amides is 1. The van der Waals surface area contributed by atoms with Gasteiger partial charge in [0.25, 0.3) is 15.9 Å². The highest BCUT2D eigenvalue weighted by molar-refractivity contribution is 7.89. The van der Waals surface area contributed by atoms with Gasteiger partial charge in [0.2, 0.25) is 0 Å². The van der Waals surface area contributed by atoms with Crippen molar-refractivity contribution in [3.05, 3.63) is 35.8 Å². The van der Waals surface area contributed by atoms with Crippen LogP contribution in [0, 0.1) is 6.92 Å². The number of carbonyl (C=O) groups is 1. The highest BCUT2D eigenvalue weighted by atomic mass is 32.2. The summed E-state index contributed by atoms with van der Waals surface area (Å²) < 4.78 is 29.8. The fourth-order valence-corrected chi connectivity index (χ4v) is 5.91. The van der Waals surface area contributed by atoms with E-state index >= 15 is 0 Å². The van der Waals surface area contributed by atoms with E-state index in [1.165, 1.54) is 16.8 Å². The van der Waals surface area contributed by atoms with Gasteiger partial charge in [0.1, 0.15) is 5.82 Å². The molecule has 4 heterocycles. The second-order valence-electron chi connectivity index (χ2n) is 8.07. The van der Waals surface area contributed by atoms with E-state index in [-0.39, 0.29) is 10.9 Å². The molecule has 2 saturated heterocycles. The zero-order valence-corrected chi connectivity index (χ0v) is 18.3. The standard InChI is InChI=1S/C20H28N6O3S/c1-15-21-12-16(20(27)25-9-5-3-6-10-25)19(23-15)17-8-4-7-11-26(17)30(28,29)18-13-24(2)14-22-18/h12-14,17H,3-11H2,1-2H3/t17-/m1/s1. The summed E-state index contributed by atoms with van der Waals surface area (Å²) in [6, 6.07) is -0.504. The van der Waals surface area contributed by atoms with E-state index < -0.39 is 16.1 Å². The second kappa shape index (κ2) is 8.43. The van der Waals surface area contributed by atoms with E-state index in [0.29, 0.717) is 43.1 Å². The molecular weight excluding hydrogens is 404 g/mol. The quantitative estimate of drug-likeness (QED) is 0.733. The van der Waals surface area contributed by atoms with Crippen molar-refractivity contribution in [3.8, 4) is 0 Å². The molecule has 0 spiro atoms. The molecule has 0 bridgehead atoms. The Hall–Kier alpha value is -2.33. The van der Waals surface area contributed by atoms with Gasteiger partial charge in [-0.3, -0.25) is 4.79 Å². The van der Waals surface area contributed by atoms with Crippen LogP contribution in [0.1, 0.15) is 66.4 Å². The molecule has 2 aromatic heterocycles. The number of carbonyl (C=O) groups excluding carboxylic acids is 1. The van der Waals surface area contributed by atoms with Crippen molar-refractivity contribution in [1.29, 1.82) is 0 Å². The third-order valence-electron chi connectivity index (χ3n) is 5.84. The summed E-state index contributed by atoms with van der Waals surface area (Å²) in [6.45, 7) is 3.57. The van der Waals surface area contributed by atoms with Crippen LogP contribution >= 0.6 is 0 Å². The van der Waals surface area contributed by atoms with Crippen LogP contribution in [0.15, 0.2) is 23.7 Å². The monoisotopic (exact) mass is 432 g/mol. The lowest BCUT2D eigenvalue weighted by Gasteiger charge is -2.35. The number of hydrogen-bond donors (Lipinski definition) is 0. The van der Waals surface area contributed by atoms with Crippen molar-refractivity contribution < 1.29 is 13.2 Å². The number of hydrogen-bond acceptors (Lipinski definition) is 6. The Bertz CT molecular complexity index is 1030. The molecule has 2 aromatic rings. The number of likely N-dealkylation sites (tertiary alicyclic amines) is 1. The molecule has 0 unspecified atom stereocenters. The van der Waals surface area contributed by atoms with Crippen molar-refractivity contribution in [2.24, 2.45) is 7.05 Å². The smallest absolute Gasteiger partial charge is 0.262 e. The summed E-state index contributed by atoms with van der Waals surface area (Å²) in [5.41, 5.74) is 0.924. The van der Waals surface area contributed by atoms with E-state index in [4.69, 9.17) is 0 Å². The maximum Gasteiger partial charge on any atom is 0.262 e. The number of aryl methyl sites for hydroxylation is 2. The molecule has 162 valence electrons. The third-order valence-corrected chi connectivity index (χ3v) is 7.63. The first-order chi connectivity index (χ1) is 14.4. The summed E-state index contributed by atoms with van der Waals surface area (Å²) >= 11 is 0. The van der Waals surface area contributed by atoms with E-state index in [2.05, 4.69) is 15.0 Å². The molecule has 0 saturated carbocycles. The molecule has 1 atom stereocenters. The highest BCUT2D eigenvalue weighted by Crippen LogP contribution is 2.36. The Balaban J connectivity index is 1.74. The summed E-state index contributed by atoms with van der Waals surface area (Å²) in [5, 5.41) is 0.0200. The van der Waals surface area contributed by atoms with Gasteiger partial charge in [0.15, 0.2) is 5.03 Å². The molecule has 0 aromatic carbocycles. The molecule has 0 N–H and O–H groups in total. The van der Waals surface area contributed by atoms with Crippen LogP contribution in [-0.4, -0.2) is 62.7 Å². The first-order valence-electron chi connectivity index (χ1n) is 10.5. The van der Waals surface area contributed by atoms with E-state index in [0.717, 1.165) is 32.1 Å². The average molecular weight is 433 g/mol. The number of sulfonamides is 1. The molecule has 0 radical (unpaired) electrons. The zero-order chi connectivity index (χ0) is 21.3. The summed E-state index contributed by atoms with van der Waals surface area (Å²) in [5.74, 6) is 0.423. The maximum atomic E-state index is 13.4. The van der Waals surface area contributed by atoms with Gasteiger partial charge in [-0.25, -0.2) is 23.4 Å². The van der Waals surface area contributed by atoms with Crippen LogP contribution in [0.3, 0.4) is 0 Å². The molecule has 0 aliphatic carbocycles. The van der Waals surface area contributed by atoms with Gasteiger partial charge in [-0.15, -0.1) is 0 Å². The van der Waals surface area contributed by atoms with Gasteiger partial charge in [0, 0.05) is 39.1 Å². The van der Waals surface area contributed by atoms with E-state index in [1.54, 1.807) is 24.7 Å². The Labute approximate surface area is 177 Å². The van der Waals surface area contributed by atoms with Gasteiger partial charge in [-0.2, -0.15) is 4.31 Å². The number of rotatable bonds is 4. The summed E-state index contributed by atoms with van der Waals surface area (Å²) in [6.07, 6.45) is 9.89. The van der Waals surface area contributed by atoms with Crippen molar-refractivity contribution in [2.45, 2.75) is 56.5 Å². The largest absolute Gasteiger partial charge is 0.339 e. The minimum atomic E-state index is -3.80. The van der Waals surface area contributed by atoms with Crippen LogP contribution in [0.25, 0.3) is 0 Å². The van der Waals surface area contributed by atoms with Crippen LogP contribution in [0.5, 0.6) is 0 Å². The summed E-state index contributed by atoms with van der Waals surface area (Å²) in [7, 11) is -2.06. The first-order valence-corrected chi connectivity index (χ1v) is 11.9. The predicted molar refractivity (Wildman–Crippen MR) is 110 cm³/mol. The van der Waals surface area contributed by atoms with E-state index in [1.807, 2.05) is 4.90 Å². The zero-order valence-electron chi connectivity index (χ0n) is 17.5. The van der Waals surface area contributed by atoms with Crippen molar-refractivity contribution >= 4 is 15.9 Å². The van der Waals surface area contributed by atoms with Gasteiger partial charge >= 0.3 is 0 Å². The van der Waals surface area contributed by atoms with Crippen LogP contribution in [0.2, 0.25) is 0 Å². The van der Waals surface area contributed by atoms with Crippen molar-refractivity contribution in [2.75, 3.05) is 19.6 Å². The van der Waals surface area contributed by atoms with Gasteiger partial charge in [0.05, 0.1) is 23.6 Å². The number of imidazole rings is 1. The molecular formula is C20H28N6O3S. The number of nitrogens with zero attached hydrogens (tertiary/aromatic N) is 6. The SMILES string of the molecule is Cc1ncc(C(=O)N2CCCCC2)c([C@H]2CCCCN2S(=O)(=O)c2cn(C)cn2)n1. The lowest BCUT2D eigenvalue weighted by molar-refractivity contribution is 0.0719. The van der Waals surface area contributed by atoms with E-state index in [9.17, 15) is 13.2 Å². The highest BCUT2D eigenvalue weighted by Gasteiger charge is 2.39. The molecule has 2 aliphatic heterocycles. The molecule has 9 nitrogen and oxygen atoms in total. The Kier molecular flexibility index (Phi) is 5.88. The van der Waals surface area contributed by atoms with Crippen molar-refractivity contribution in [3.63, 3.8) is 0 Å². The molecule has 2 aliphatic rings. The number of piperidine rings is 2. The minimum absolute atomic E-state index is 0.0200. The predicted octanol–water partition coefficient (Wildman–Crippen LogP) is 2.06. The second-order valence-corrected chi connectivity index (χ2v) is 9.91. The van der Waals surface area contributed by atoms with Gasteiger partial charge < -0.3 is 9.47 Å². The maximum absolute atomic E-state index is 13.4. The molecule has 1 amide bonds. The van der Waals surface area contributed by atoms with Crippen LogP contribution in [-0.2, 0) is 17.1 Å². The molecule has 30 heavy (non-hydrogen) atoms.